The van der Waals surface area contributed by atoms with Gasteiger partial charge in [0, 0.05) is 30.8 Å². The van der Waals surface area contributed by atoms with Crippen molar-refractivity contribution in [2.24, 2.45) is 0 Å². The maximum atomic E-state index is 12.8. The monoisotopic (exact) mass is 469 g/mol. The van der Waals surface area contributed by atoms with Crippen LogP contribution in [0.3, 0.4) is 0 Å². The number of para-hydroxylation sites is 2. The molecule has 6 rings (SSSR count). The van der Waals surface area contributed by atoms with E-state index in [1.807, 2.05) is 0 Å². The lowest BCUT2D eigenvalue weighted by molar-refractivity contribution is -0.134. The van der Waals surface area contributed by atoms with Crippen molar-refractivity contribution in [3.63, 3.8) is 0 Å². The van der Waals surface area contributed by atoms with Crippen LogP contribution in [0.15, 0.2) is 54.1 Å². The standard InChI is InChI=1S/C27H23N3O3S/c1-27(2)19-10-7-9-16-12-15-8-5-6-11-21(15)30(22(16)19)25-20(27)14-17(34-25)13-18-23(31)28(3)26(33)29(4)24(18)32/h5-11,13-14H,12H2,1-4H3. The molecule has 0 bridgehead atoms. The van der Waals surface area contributed by atoms with E-state index in [0.717, 1.165) is 37.3 Å². The average Bonchev–Trinajstić information content (AvgIpc) is 3.26. The van der Waals surface area contributed by atoms with Crippen molar-refractivity contribution in [2.75, 3.05) is 19.0 Å². The molecule has 4 amide bonds. The quantitative estimate of drug-likeness (QED) is 0.284. The zero-order valence-electron chi connectivity index (χ0n) is 19.4. The molecule has 7 heteroatoms. The molecule has 0 aliphatic carbocycles. The second kappa shape index (κ2) is 6.90. The molecule has 3 aromatic rings. The van der Waals surface area contributed by atoms with Crippen LogP contribution < -0.4 is 4.90 Å². The molecule has 1 fully saturated rings. The van der Waals surface area contributed by atoms with Gasteiger partial charge >= 0.3 is 6.03 Å². The number of benzene rings is 2. The maximum absolute atomic E-state index is 12.8. The Hall–Kier alpha value is -3.71. The number of carbonyl (C=O) groups excluding carboxylic acids is 3. The summed E-state index contributed by atoms with van der Waals surface area (Å²) >= 11 is 1.56. The van der Waals surface area contributed by atoms with Crippen molar-refractivity contribution in [2.45, 2.75) is 25.7 Å². The molecule has 4 heterocycles. The number of imide groups is 2. The predicted octanol–water partition coefficient (Wildman–Crippen LogP) is 5.20. The summed E-state index contributed by atoms with van der Waals surface area (Å²) in [5, 5.41) is 1.09. The van der Waals surface area contributed by atoms with Gasteiger partial charge in [0.2, 0.25) is 0 Å². The minimum absolute atomic E-state index is 0.00162. The van der Waals surface area contributed by atoms with Gasteiger partial charge in [0.05, 0.1) is 11.4 Å². The van der Waals surface area contributed by atoms with Crippen LogP contribution in [-0.2, 0) is 21.4 Å². The van der Waals surface area contributed by atoms with Crippen molar-refractivity contribution >= 4 is 51.6 Å². The molecule has 170 valence electrons. The van der Waals surface area contributed by atoms with Crippen LogP contribution in [0.4, 0.5) is 21.2 Å². The second-order valence-electron chi connectivity index (χ2n) is 9.52. The summed E-state index contributed by atoms with van der Waals surface area (Å²) in [4.78, 5) is 42.8. The lowest BCUT2D eigenvalue weighted by atomic mass is 9.73. The number of amides is 4. The Labute approximate surface area is 201 Å². The first kappa shape index (κ1) is 20.9. The zero-order valence-corrected chi connectivity index (χ0v) is 20.2. The van der Waals surface area contributed by atoms with Gasteiger partial charge in [0.1, 0.15) is 10.6 Å². The van der Waals surface area contributed by atoms with E-state index in [-0.39, 0.29) is 11.0 Å². The van der Waals surface area contributed by atoms with Crippen LogP contribution in [0.1, 0.15) is 41.0 Å². The topological polar surface area (TPSA) is 60.9 Å². The zero-order chi connectivity index (χ0) is 23.9. The van der Waals surface area contributed by atoms with Gasteiger partial charge in [-0.05, 0) is 40.5 Å². The van der Waals surface area contributed by atoms with Crippen molar-refractivity contribution in [1.29, 1.82) is 0 Å². The Morgan fingerprint density at radius 3 is 2.29 bits per heavy atom. The summed E-state index contributed by atoms with van der Waals surface area (Å²) in [5.74, 6) is -1.15. The van der Waals surface area contributed by atoms with Gasteiger partial charge < -0.3 is 4.90 Å². The summed E-state index contributed by atoms with van der Waals surface area (Å²) in [6, 6.07) is 16.4. The number of thiophene rings is 1. The SMILES string of the molecule is CN1C(=O)C(=Cc2cc3c(s2)N2c4ccccc4Cc4cccc(c42)C3(C)C)C(=O)N(C)C1=O. The maximum Gasteiger partial charge on any atom is 0.333 e. The van der Waals surface area contributed by atoms with Crippen LogP contribution >= 0.6 is 11.3 Å². The first-order valence-electron chi connectivity index (χ1n) is 11.2. The fourth-order valence-electron chi connectivity index (χ4n) is 5.26. The van der Waals surface area contributed by atoms with Crippen LogP contribution in [-0.4, -0.2) is 41.7 Å². The fraction of sp³-hybridized carbons (Fsp3) is 0.222. The molecule has 2 aromatic carbocycles. The number of hydrogen-bond donors (Lipinski definition) is 0. The van der Waals surface area contributed by atoms with Gasteiger partial charge in [0.15, 0.2) is 0 Å². The van der Waals surface area contributed by atoms with E-state index < -0.39 is 17.8 Å². The normalized spacial score (nSPS) is 18.1. The lowest BCUT2D eigenvalue weighted by Crippen LogP contribution is -2.52. The molecule has 3 aliphatic heterocycles. The summed E-state index contributed by atoms with van der Waals surface area (Å²) in [7, 11) is 2.79. The fourth-order valence-corrected chi connectivity index (χ4v) is 6.55. The third-order valence-electron chi connectivity index (χ3n) is 7.17. The van der Waals surface area contributed by atoms with Gasteiger partial charge in [-0.2, -0.15) is 0 Å². The second-order valence-corrected chi connectivity index (χ2v) is 10.6. The molecule has 1 aromatic heterocycles. The number of hydrogen-bond acceptors (Lipinski definition) is 5. The summed E-state index contributed by atoms with van der Waals surface area (Å²) in [5.41, 5.74) is 7.12. The Morgan fingerprint density at radius 2 is 1.56 bits per heavy atom. The minimum Gasteiger partial charge on any atom is -0.301 e. The molecule has 0 unspecified atom stereocenters. The van der Waals surface area contributed by atoms with E-state index in [2.05, 4.69) is 67.3 Å². The highest BCUT2D eigenvalue weighted by Gasteiger charge is 2.42. The molecule has 6 nitrogen and oxygen atoms in total. The van der Waals surface area contributed by atoms with Gasteiger partial charge in [-0.1, -0.05) is 50.2 Å². The third kappa shape index (κ3) is 2.64. The number of rotatable bonds is 1. The predicted molar refractivity (Wildman–Crippen MR) is 133 cm³/mol. The average molecular weight is 470 g/mol. The summed E-state index contributed by atoms with van der Waals surface area (Å²) < 4.78 is 0. The number of barbiturate groups is 1. The third-order valence-corrected chi connectivity index (χ3v) is 8.24. The molecule has 3 aliphatic rings. The van der Waals surface area contributed by atoms with Gasteiger partial charge in [0.25, 0.3) is 11.8 Å². The number of fused-ring (bicyclic) bond motifs is 4. The molecule has 0 radical (unpaired) electrons. The van der Waals surface area contributed by atoms with Crippen molar-refractivity contribution in [1.82, 2.24) is 9.80 Å². The highest BCUT2D eigenvalue weighted by atomic mass is 32.1. The smallest absolute Gasteiger partial charge is 0.301 e. The van der Waals surface area contributed by atoms with Gasteiger partial charge in [-0.15, -0.1) is 11.3 Å². The Balaban J connectivity index is 1.56. The molecular weight excluding hydrogens is 446 g/mol. The van der Waals surface area contributed by atoms with E-state index in [1.165, 1.54) is 36.5 Å². The van der Waals surface area contributed by atoms with Crippen LogP contribution in [0.2, 0.25) is 0 Å². The number of nitrogens with zero attached hydrogens (tertiary/aromatic N) is 3. The molecule has 0 N–H and O–H groups in total. The first-order valence-corrected chi connectivity index (χ1v) is 12.0. The summed E-state index contributed by atoms with van der Waals surface area (Å²) in [6.45, 7) is 4.44. The van der Waals surface area contributed by atoms with Gasteiger partial charge in [-0.25, -0.2) is 4.79 Å². The van der Waals surface area contributed by atoms with E-state index in [9.17, 15) is 14.4 Å². The van der Waals surface area contributed by atoms with Crippen LogP contribution in [0.5, 0.6) is 0 Å². The first-order chi connectivity index (χ1) is 16.2. The number of carbonyl (C=O) groups is 3. The van der Waals surface area contributed by atoms with Crippen molar-refractivity contribution in [3.05, 3.63) is 81.2 Å². The van der Waals surface area contributed by atoms with E-state index in [0.29, 0.717) is 0 Å². The molecule has 0 atom stereocenters. The highest BCUT2D eigenvalue weighted by Crippen LogP contribution is 2.58. The van der Waals surface area contributed by atoms with Crippen LogP contribution in [0, 0.1) is 0 Å². The molecule has 34 heavy (non-hydrogen) atoms. The summed E-state index contributed by atoms with van der Waals surface area (Å²) in [6.07, 6.45) is 2.52. The largest absolute Gasteiger partial charge is 0.333 e. The Kier molecular flexibility index (Phi) is 4.23. The number of anilines is 3. The minimum atomic E-state index is -0.619. The Bertz CT molecular complexity index is 1440. The Morgan fingerprint density at radius 1 is 0.882 bits per heavy atom. The molecule has 0 spiro atoms. The van der Waals surface area contributed by atoms with Crippen molar-refractivity contribution in [3.8, 4) is 0 Å². The number of urea groups is 1. The molecule has 1 saturated heterocycles. The highest BCUT2D eigenvalue weighted by molar-refractivity contribution is 7.17. The van der Waals surface area contributed by atoms with Crippen LogP contribution in [0.25, 0.3) is 6.08 Å². The number of likely N-dealkylation sites (N-methyl/N-ethyl adjacent to an activating group) is 2. The lowest BCUT2D eigenvalue weighted by Gasteiger charge is -2.43. The van der Waals surface area contributed by atoms with Gasteiger partial charge in [-0.3, -0.25) is 19.4 Å². The van der Waals surface area contributed by atoms with E-state index in [1.54, 1.807) is 17.4 Å². The van der Waals surface area contributed by atoms with E-state index in [4.69, 9.17) is 0 Å². The van der Waals surface area contributed by atoms with Crippen molar-refractivity contribution < 1.29 is 14.4 Å². The van der Waals surface area contributed by atoms with E-state index >= 15 is 0 Å². The molecular formula is C27H23N3O3S. The molecule has 0 saturated carbocycles.